The molecule has 4 N–H and O–H groups in total. The average molecular weight is 244 g/mol. The zero-order chi connectivity index (χ0) is 12.6. The zero-order valence-electron chi connectivity index (χ0n) is 8.59. The van der Waals surface area contributed by atoms with Gasteiger partial charge in [0.1, 0.15) is 19.4 Å². The molecule has 0 aliphatic rings. The molecule has 0 aromatic heterocycles. The lowest BCUT2D eigenvalue weighted by atomic mass is 10.3. The molecule has 96 valence electrons. The van der Waals surface area contributed by atoms with Crippen molar-refractivity contribution in [1.82, 2.24) is 5.32 Å². The molecule has 0 spiro atoms. The number of aliphatic hydroxyl groups excluding tert-OH is 1. The zero-order valence-corrected chi connectivity index (χ0v) is 8.59. The van der Waals surface area contributed by atoms with E-state index in [2.05, 4.69) is 4.74 Å². The monoisotopic (exact) mass is 244 g/mol. The van der Waals surface area contributed by atoms with Gasteiger partial charge in [-0.1, -0.05) is 0 Å². The van der Waals surface area contributed by atoms with E-state index in [0.717, 1.165) is 0 Å². The summed E-state index contributed by atoms with van der Waals surface area (Å²) in [5.74, 6) is -4.22. The Morgan fingerprint density at radius 1 is 1.56 bits per heavy atom. The van der Waals surface area contributed by atoms with Crippen LogP contribution in [0.5, 0.6) is 0 Å². The predicted octanol–water partition coefficient (Wildman–Crippen LogP) is -0.956. The molecule has 0 fully saturated rings. The largest absolute Gasteiger partial charge is 0.387 e. The van der Waals surface area contributed by atoms with Crippen molar-refractivity contribution >= 4 is 5.91 Å². The van der Waals surface area contributed by atoms with Crippen LogP contribution in [0.1, 0.15) is 0 Å². The predicted molar refractivity (Wildman–Crippen MR) is 49.8 cm³/mol. The molecule has 8 heteroatoms. The van der Waals surface area contributed by atoms with Gasteiger partial charge < -0.3 is 20.9 Å². The molecule has 1 atom stereocenters. The van der Waals surface area contributed by atoms with Crippen LogP contribution in [-0.4, -0.2) is 56.0 Å². The summed E-state index contributed by atoms with van der Waals surface area (Å²) in [5, 5.41) is 10.0. The van der Waals surface area contributed by atoms with Gasteiger partial charge in [-0.05, 0) is 0 Å². The number of nitrogens with two attached hydrogens (primary N) is 1. The van der Waals surface area contributed by atoms with E-state index in [1.54, 1.807) is 5.32 Å². The van der Waals surface area contributed by atoms with Crippen molar-refractivity contribution in [3.05, 3.63) is 0 Å². The Labute approximate surface area is 90.7 Å². The molecule has 0 aliphatic heterocycles. The summed E-state index contributed by atoms with van der Waals surface area (Å²) in [7, 11) is 0. The summed E-state index contributed by atoms with van der Waals surface area (Å²) in [6, 6.07) is 0. The van der Waals surface area contributed by atoms with Crippen LogP contribution in [0.25, 0.3) is 0 Å². The lowest BCUT2D eigenvalue weighted by molar-refractivity contribution is -0.128. The first-order valence-electron chi connectivity index (χ1n) is 4.58. The number of ether oxygens (including phenoxy) is 1. The number of nitrogens with one attached hydrogen (secondary N) is 1. The fourth-order valence-corrected chi connectivity index (χ4v) is 0.739. The van der Waals surface area contributed by atoms with Crippen LogP contribution in [0.15, 0.2) is 0 Å². The Morgan fingerprint density at radius 3 is 2.69 bits per heavy atom. The molecule has 0 bridgehead atoms. The quantitative estimate of drug-likeness (QED) is 0.513. The van der Waals surface area contributed by atoms with Gasteiger partial charge in [-0.25, -0.2) is 13.2 Å². The van der Waals surface area contributed by atoms with Gasteiger partial charge in [0.15, 0.2) is 0 Å². The van der Waals surface area contributed by atoms with Crippen molar-refractivity contribution in [1.29, 1.82) is 0 Å². The second-order valence-corrected chi connectivity index (χ2v) is 3.14. The second-order valence-electron chi connectivity index (χ2n) is 3.14. The van der Waals surface area contributed by atoms with Crippen LogP contribution in [0.3, 0.4) is 0 Å². The van der Waals surface area contributed by atoms with Gasteiger partial charge in [-0.2, -0.15) is 0 Å². The van der Waals surface area contributed by atoms with E-state index in [4.69, 9.17) is 10.8 Å². The molecule has 0 aliphatic carbocycles. The Balaban J connectivity index is 3.73. The normalized spacial score (nSPS) is 13.6. The Morgan fingerprint density at radius 2 is 2.19 bits per heavy atom. The lowest BCUT2D eigenvalue weighted by Crippen LogP contribution is -2.41. The van der Waals surface area contributed by atoms with Gasteiger partial charge in [-0.15, -0.1) is 0 Å². The first-order chi connectivity index (χ1) is 7.41. The Hall–Kier alpha value is -0.860. The van der Waals surface area contributed by atoms with E-state index < -0.39 is 44.4 Å². The third-order valence-electron chi connectivity index (χ3n) is 1.56. The molecule has 1 amide bonds. The number of alkyl halides is 3. The summed E-state index contributed by atoms with van der Waals surface area (Å²) in [5.41, 5.74) is 4.91. The summed E-state index contributed by atoms with van der Waals surface area (Å²) < 4.78 is 42.7. The van der Waals surface area contributed by atoms with Gasteiger partial charge in [0.25, 0.3) is 5.92 Å². The van der Waals surface area contributed by atoms with E-state index in [1.165, 1.54) is 0 Å². The van der Waals surface area contributed by atoms with Crippen molar-refractivity contribution in [3.8, 4) is 0 Å². The number of carbonyl (C=O) groups excluding carboxylic acids is 1. The highest BCUT2D eigenvalue weighted by molar-refractivity contribution is 5.76. The standard InChI is InChI=1S/C8H15F3N2O3/c9-6(1-12)3-16-5-8(10,11)4-13-7(15)2-14/h6,14H,1-5,12H2,(H,13,15). The minimum absolute atomic E-state index is 0.299. The molecule has 0 saturated heterocycles. The lowest BCUT2D eigenvalue weighted by Gasteiger charge is -2.17. The van der Waals surface area contributed by atoms with Crippen LogP contribution < -0.4 is 11.1 Å². The highest BCUT2D eigenvalue weighted by Gasteiger charge is 2.30. The molecule has 0 aromatic carbocycles. The maximum absolute atomic E-state index is 12.9. The van der Waals surface area contributed by atoms with Crippen LogP contribution in [-0.2, 0) is 9.53 Å². The van der Waals surface area contributed by atoms with Gasteiger partial charge >= 0.3 is 0 Å². The van der Waals surface area contributed by atoms with E-state index in [-0.39, 0.29) is 6.54 Å². The molecule has 0 saturated carbocycles. The first-order valence-corrected chi connectivity index (χ1v) is 4.58. The van der Waals surface area contributed by atoms with E-state index in [0.29, 0.717) is 0 Å². The minimum atomic E-state index is -3.31. The van der Waals surface area contributed by atoms with Crippen molar-refractivity contribution in [2.75, 3.05) is 32.9 Å². The third kappa shape index (κ3) is 7.43. The maximum Gasteiger partial charge on any atom is 0.287 e. The van der Waals surface area contributed by atoms with Gasteiger partial charge in [0, 0.05) is 6.54 Å². The average Bonchev–Trinajstić information content (AvgIpc) is 2.25. The van der Waals surface area contributed by atoms with Crippen LogP contribution in [0.2, 0.25) is 0 Å². The van der Waals surface area contributed by atoms with E-state index in [1.807, 2.05) is 0 Å². The van der Waals surface area contributed by atoms with Crippen molar-refractivity contribution < 1.29 is 27.8 Å². The SMILES string of the molecule is NCC(F)COCC(F)(F)CNC(=O)CO. The van der Waals surface area contributed by atoms with Crippen LogP contribution in [0, 0.1) is 0 Å². The summed E-state index contributed by atoms with van der Waals surface area (Å²) >= 11 is 0. The number of carbonyl (C=O) groups is 1. The van der Waals surface area contributed by atoms with Gasteiger partial charge in [0.05, 0.1) is 13.2 Å². The van der Waals surface area contributed by atoms with Gasteiger partial charge in [0.2, 0.25) is 5.91 Å². The number of rotatable bonds is 8. The van der Waals surface area contributed by atoms with E-state index in [9.17, 15) is 18.0 Å². The molecule has 0 rings (SSSR count). The topological polar surface area (TPSA) is 84.6 Å². The molecule has 0 radical (unpaired) electrons. The van der Waals surface area contributed by atoms with Crippen molar-refractivity contribution in [2.24, 2.45) is 5.73 Å². The first kappa shape index (κ1) is 15.1. The molecule has 5 nitrogen and oxygen atoms in total. The highest BCUT2D eigenvalue weighted by atomic mass is 19.3. The molecule has 0 heterocycles. The minimum Gasteiger partial charge on any atom is -0.387 e. The third-order valence-corrected chi connectivity index (χ3v) is 1.56. The van der Waals surface area contributed by atoms with Gasteiger partial charge in [-0.3, -0.25) is 4.79 Å². The maximum atomic E-state index is 12.9. The Kier molecular flexibility index (Phi) is 7.02. The smallest absolute Gasteiger partial charge is 0.287 e. The molecule has 1 unspecified atom stereocenters. The Bertz CT molecular complexity index is 217. The number of halogens is 3. The summed E-state index contributed by atoms with van der Waals surface area (Å²) in [6.07, 6.45) is -1.48. The number of aliphatic hydroxyl groups is 1. The van der Waals surface area contributed by atoms with Crippen molar-refractivity contribution in [2.45, 2.75) is 12.1 Å². The number of hydrogen-bond donors (Lipinski definition) is 3. The summed E-state index contributed by atoms with van der Waals surface area (Å²) in [4.78, 5) is 10.5. The van der Waals surface area contributed by atoms with Crippen LogP contribution in [0.4, 0.5) is 13.2 Å². The summed E-state index contributed by atoms with van der Waals surface area (Å²) in [6.45, 7) is -3.66. The number of amides is 1. The fraction of sp³-hybridized carbons (Fsp3) is 0.875. The highest BCUT2D eigenvalue weighted by Crippen LogP contribution is 2.12. The van der Waals surface area contributed by atoms with Crippen molar-refractivity contribution in [3.63, 3.8) is 0 Å². The number of hydrogen-bond acceptors (Lipinski definition) is 4. The molecule has 16 heavy (non-hydrogen) atoms. The van der Waals surface area contributed by atoms with Crippen LogP contribution >= 0.6 is 0 Å². The molecular formula is C8H15F3N2O3. The molecular weight excluding hydrogens is 229 g/mol. The molecule has 0 aromatic rings. The van der Waals surface area contributed by atoms with E-state index >= 15 is 0 Å². The second kappa shape index (κ2) is 7.42. The fourth-order valence-electron chi connectivity index (χ4n) is 0.739.